The molecule has 0 saturated heterocycles. The highest BCUT2D eigenvalue weighted by molar-refractivity contribution is 5.66. The number of nitrogens with one attached hydrogen (secondary N) is 4. The van der Waals surface area contributed by atoms with Gasteiger partial charge in [0.2, 0.25) is 0 Å². The number of rotatable bonds is 0. The van der Waals surface area contributed by atoms with E-state index in [1.54, 1.807) is 0 Å². The van der Waals surface area contributed by atoms with Crippen LogP contribution in [-0.4, -0.2) is 19.9 Å². The van der Waals surface area contributed by atoms with Gasteiger partial charge in [-0.1, -0.05) is 0 Å². The van der Waals surface area contributed by atoms with Crippen LogP contribution in [0.5, 0.6) is 0 Å². The van der Waals surface area contributed by atoms with Gasteiger partial charge in [0.05, 0.1) is 0 Å². The van der Waals surface area contributed by atoms with Crippen LogP contribution in [0.15, 0.2) is 0 Å². The summed E-state index contributed by atoms with van der Waals surface area (Å²) in [5.41, 5.74) is -6.77. The summed E-state index contributed by atoms with van der Waals surface area (Å²) in [6.07, 6.45) is 0. The molecule has 0 aliphatic carbocycles. The molecule has 0 spiro atoms. The molecule has 36 heavy (non-hydrogen) atoms. The maximum Gasteiger partial charge on any atom is 0.187 e. The van der Waals surface area contributed by atoms with Crippen LogP contribution in [0.25, 0.3) is 23.3 Å². The Hall–Kier alpha value is -4.24. The van der Waals surface area contributed by atoms with E-state index < -0.39 is 114 Å². The van der Waals surface area contributed by atoms with Gasteiger partial charge in [0.1, 0.15) is 44.2 Å². The van der Waals surface area contributed by atoms with Crippen molar-refractivity contribution in [3.05, 3.63) is 90.7 Å². The Bertz CT molecular complexity index is 1610. The molecule has 4 N–H and O–H groups in total. The standard InChI is InChI=1S/C20H4F12N4/c21-1-2(22)14-10(30)16-5(25)6(26)18(35-16)12(32)20-8(28)7(27)19(36-20)11(31)17-4(24)3(23)15(34-17)9(29)13(1)33-14/h33-36H. The van der Waals surface area contributed by atoms with Crippen molar-refractivity contribution in [2.24, 2.45) is 0 Å². The van der Waals surface area contributed by atoms with Crippen molar-refractivity contribution in [3.8, 4) is 0 Å². The lowest BCUT2D eigenvalue weighted by atomic mass is 10.3. The molecule has 0 aromatic carbocycles. The van der Waals surface area contributed by atoms with E-state index >= 15 is 0 Å². The third-order valence-corrected chi connectivity index (χ3v) is 5.28. The number of halogens is 12. The molecule has 0 saturated carbocycles. The van der Waals surface area contributed by atoms with Gasteiger partial charge in [-0.3, -0.25) is 0 Å². The Kier molecular flexibility index (Phi) is 4.98. The number of aromatic nitrogens is 4. The largest absolute Gasteiger partial charge is 0.346 e. The molecule has 0 atom stereocenters. The summed E-state index contributed by atoms with van der Waals surface area (Å²) in [7, 11) is 0. The van der Waals surface area contributed by atoms with Crippen molar-refractivity contribution in [1.82, 2.24) is 19.9 Å². The fourth-order valence-corrected chi connectivity index (χ4v) is 3.53. The summed E-state index contributed by atoms with van der Waals surface area (Å²) in [6.45, 7) is 0. The van der Waals surface area contributed by atoms with E-state index in [-0.39, 0.29) is 0 Å². The maximum atomic E-state index is 14.8. The monoisotopic (exact) mass is 528 g/mol. The molecule has 188 valence electrons. The predicted octanol–water partition coefficient (Wildman–Crippen LogP) is 2.93. The van der Waals surface area contributed by atoms with Crippen LogP contribution in [0.2, 0.25) is 0 Å². The normalized spacial score (nSPS) is 13.9. The topological polar surface area (TPSA) is 63.2 Å². The van der Waals surface area contributed by atoms with E-state index in [0.717, 1.165) is 0 Å². The van der Waals surface area contributed by atoms with Gasteiger partial charge >= 0.3 is 0 Å². The second-order valence-electron chi connectivity index (χ2n) is 7.27. The van der Waals surface area contributed by atoms with Crippen molar-refractivity contribution in [1.29, 1.82) is 0 Å². The zero-order valence-corrected chi connectivity index (χ0v) is 16.5. The van der Waals surface area contributed by atoms with Crippen LogP contribution in [0.4, 0.5) is 52.7 Å². The van der Waals surface area contributed by atoms with Gasteiger partial charge in [-0.15, -0.1) is 0 Å². The van der Waals surface area contributed by atoms with Gasteiger partial charge in [0.15, 0.2) is 69.8 Å². The summed E-state index contributed by atoms with van der Waals surface area (Å²) in [5, 5.41) is -6.77. The first-order valence-corrected chi connectivity index (χ1v) is 9.27. The number of H-pyrrole nitrogens is 4. The lowest BCUT2D eigenvalue weighted by molar-refractivity contribution is 0.496. The van der Waals surface area contributed by atoms with Crippen LogP contribution >= 0.6 is 0 Å². The van der Waals surface area contributed by atoms with Crippen molar-refractivity contribution < 1.29 is 52.7 Å². The van der Waals surface area contributed by atoms with E-state index in [1.807, 2.05) is 0 Å². The molecule has 1 aliphatic heterocycles. The van der Waals surface area contributed by atoms with E-state index in [0.29, 0.717) is 0 Å². The predicted molar refractivity (Wildman–Crippen MR) is 95.8 cm³/mol. The minimum atomic E-state index is -2.26. The van der Waals surface area contributed by atoms with E-state index in [1.165, 1.54) is 19.9 Å². The number of hydrogen-bond acceptors (Lipinski definition) is 0. The average molecular weight is 528 g/mol. The fourth-order valence-electron chi connectivity index (χ4n) is 3.53. The lowest BCUT2D eigenvalue weighted by Crippen LogP contribution is -2.18. The molecule has 1 aliphatic rings. The number of hydrogen-bond donors (Lipinski definition) is 4. The maximum absolute atomic E-state index is 14.8. The molecule has 4 aromatic rings. The zero-order valence-electron chi connectivity index (χ0n) is 16.5. The van der Waals surface area contributed by atoms with Gasteiger partial charge in [0, 0.05) is 0 Å². The van der Waals surface area contributed by atoms with Crippen LogP contribution in [0.3, 0.4) is 0 Å². The van der Waals surface area contributed by atoms with E-state index in [9.17, 15) is 52.7 Å². The smallest absolute Gasteiger partial charge is 0.187 e. The van der Waals surface area contributed by atoms with Gasteiger partial charge in [0.25, 0.3) is 0 Å². The molecule has 8 bridgehead atoms. The molecule has 0 amide bonds. The molecule has 0 radical (unpaired) electrons. The van der Waals surface area contributed by atoms with Crippen molar-refractivity contribution in [3.63, 3.8) is 0 Å². The van der Waals surface area contributed by atoms with Gasteiger partial charge in [-0.2, -0.15) is 0 Å². The minimum Gasteiger partial charge on any atom is -0.346 e. The fraction of sp³-hybridized carbons (Fsp3) is 0. The first-order valence-electron chi connectivity index (χ1n) is 9.27. The van der Waals surface area contributed by atoms with Gasteiger partial charge < -0.3 is 19.9 Å². The summed E-state index contributed by atoms with van der Waals surface area (Å²) in [4.78, 5) is 5.78. The molecular weight excluding hydrogens is 524 g/mol. The summed E-state index contributed by atoms with van der Waals surface area (Å²) in [6, 6.07) is 0. The average Bonchev–Trinajstić information content (AvgIpc) is 3.52. The Morgan fingerprint density at radius 3 is 0.639 bits per heavy atom. The van der Waals surface area contributed by atoms with Crippen molar-refractivity contribution in [2.45, 2.75) is 0 Å². The third-order valence-electron chi connectivity index (χ3n) is 5.28. The second-order valence-corrected chi connectivity index (χ2v) is 7.27. The molecule has 5 rings (SSSR count). The Balaban J connectivity index is 2.09. The molecule has 0 fully saturated rings. The third kappa shape index (κ3) is 2.92. The number of fused-ring (bicyclic) bond motifs is 8. The molecule has 4 aromatic heterocycles. The van der Waals surface area contributed by atoms with Crippen molar-refractivity contribution >= 4 is 23.3 Å². The SMILES string of the molecule is FC1=c2[nH]c(c(F)c2F)=C(F)c2[nH]c(c(F)c2F)C(F)=c2[nH]c(c(F)c2F)=C(F)c2[nH]c1c(F)c2F. The summed E-state index contributed by atoms with van der Waals surface area (Å²) < 4.78 is 174. The van der Waals surface area contributed by atoms with Crippen molar-refractivity contribution in [2.75, 3.05) is 0 Å². The Morgan fingerprint density at radius 1 is 0.250 bits per heavy atom. The van der Waals surface area contributed by atoms with Crippen LogP contribution in [0, 0.1) is 46.5 Å². The zero-order chi connectivity index (χ0) is 26.4. The Labute approximate surface area is 187 Å². The molecular formula is C20H4F12N4. The van der Waals surface area contributed by atoms with Gasteiger partial charge in [-0.25, -0.2) is 52.7 Å². The van der Waals surface area contributed by atoms with E-state index in [4.69, 9.17) is 0 Å². The van der Waals surface area contributed by atoms with E-state index in [2.05, 4.69) is 0 Å². The molecule has 4 nitrogen and oxygen atoms in total. The molecule has 5 heterocycles. The molecule has 0 unspecified atom stereocenters. The highest BCUT2D eigenvalue weighted by Crippen LogP contribution is 2.28. The Morgan fingerprint density at radius 2 is 0.444 bits per heavy atom. The lowest BCUT2D eigenvalue weighted by Gasteiger charge is -1.95. The van der Waals surface area contributed by atoms with Crippen LogP contribution in [0.1, 0.15) is 22.8 Å². The van der Waals surface area contributed by atoms with Crippen LogP contribution in [-0.2, 0) is 0 Å². The molecule has 16 heteroatoms. The minimum absolute atomic E-state index is 1.44. The second kappa shape index (κ2) is 7.63. The quantitative estimate of drug-likeness (QED) is 0.254. The highest BCUT2D eigenvalue weighted by Gasteiger charge is 2.30. The summed E-state index contributed by atoms with van der Waals surface area (Å²) in [5.74, 6) is -26.9. The van der Waals surface area contributed by atoms with Gasteiger partial charge in [-0.05, 0) is 0 Å². The first kappa shape index (κ1) is 23.5. The first-order chi connectivity index (χ1) is 16.9. The van der Waals surface area contributed by atoms with Crippen LogP contribution < -0.4 is 21.4 Å². The summed E-state index contributed by atoms with van der Waals surface area (Å²) >= 11 is 0. The number of aromatic amines is 4. The highest BCUT2D eigenvalue weighted by atomic mass is 19.2.